The number of anilines is 1. The molecule has 1 saturated heterocycles. The zero-order chi connectivity index (χ0) is 18.5. The number of carbonyl (C=O) groups excluding carboxylic acids is 1. The predicted molar refractivity (Wildman–Crippen MR) is 107 cm³/mol. The van der Waals surface area contributed by atoms with Gasteiger partial charge >= 0.3 is 0 Å². The summed E-state index contributed by atoms with van der Waals surface area (Å²) in [6, 6.07) is 16.5. The van der Waals surface area contributed by atoms with Crippen LogP contribution in [0.5, 0.6) is 0 Å². The molecule has 5 rings (SSSR count). The zero-order valence-electron chi connectivity index (χ0n) is 15.8. The number of rotatable bonds is 4. The molecule has 0 radical (unpaired) electrons. The number of imidazole rings is 1. The second-order valence-electron chi connectivity index (χ2n) is 7.91. The average Bonchev–Trinajstić information content (AvgIpc) is 3.42. The SMILES string of the molecule is CN(C)c1cccc(C(=O)N2CC(n3c(C4CC4)nc4ccccc43)C2)c1. The average molecular weight is 360 g/mol. The minimum absolute atomic E-state index is 0.118. The number of nitrogens with zero attached hydrogens (tertiary/aromatic N) is 4. The molecule has 0 atom stereocenters. The highest BCUT2D eigenvalue weighted by molar-refractivity contribution is 5.95. The van der Waals surface area contributed by atoms with E-state index in [1.54, 1.807) is 0 Å². The summed E-state index contributed by atoms with van der Waals surface area (Å²) in [4.78, 5) is 21.8. The van der Waals surface area contributed by atoms with E-state index >= 15 is 0 Å². The van der Waals surface area contributed by atoms with Gasteiger partial charge in [0.05, 0.1) is 17.1 Å². The molecule has 3 aromatic rings. The fourth-order valence-electron chi connectivity index (χ4n) is 3.96. The fourth-order valence-corrected chi connectivity index (χ4v) is 3.96. The van der Waals surface area contributed by atoms with Crippen molar-refractivity contribution >= 4 is 22.6 Å². The Hall–Kier alpha value is -2.82. The summed E-state index contributed by atoms with van der Waals surface area (Å²) in [6.07, 6.45) is 2.46. The van der Waals surface area contributed by atoms with Gasteiger partial charge in [-0.15, -0.1) is 0 Å². The number of amides is 1. The van der Waals surface area contributed by atoms with Crippen molar-refractivity contribution in [3.8, 4) is 0 Å². The summed E-state index contributed by atoms with van der Waals surface area (Å²) < 4.78 is 2.40. The standard InChI is InChI=1S/C22H24N4O/c1-24(2)17-7-5-6-16(12-17)22(27)25-13-18(14-25)26-20-9-4-3-8-19(20)23-21(26)15-10-11-15/h3-9,12,15,18H,10-11,13-14H2,1-2H3. The van der Waals surface area contributed by atoms with E-state index in [0.29, 0.717) is 12.0 Å². The lowest BCUT2D eigenvalue weighted by atomic mass is 10.0. The quantitative estimate of drug-likeness (QED) is 0.713. The highest BCUT2D eigenvalue weighted by atomic mass is 16.2. The van der Waals surface area contributed by atoms with E-state index in [1.807, 2.05) is 54.2 Å². The number of para-hydroxylation sites is 2. The minimum Gasteiger partial charge on any atom is -0.378 e. The molecule has 0 bridgehead atoms. The first-order chi connectivity index (χ1) is 13.1. The Bertz CT molecular complexity index is 1010. The van der Waals surface area contributed by atoms with E-state index in [0.717, 1.165) is 29.9 Å². The topological polar surface area (TPSA) is 41.4 Å². The second kappa shape index (κ2) is 6.12. The van der Waals surface area contributed by atoms with Crippen molar-refractivity contribution in [2.45, 2.75) is 24.8 Å². The van der Waals surface area contributed by atoms with Crippen LogP contribution in [0.1, 0.15) is 41.0 Å². The number of hydrogen-bond acceptors (Lipinski definition) is 3. The molecule has 0 spiro atoms. The van der Waals surface area contributed by atoms with Gasteiger partial charge in [0.2, 0.25) is 0 Å². The second-order valence-corrected chi connectivity index (χ2v) is 7.91. The summed E-state index contributed by atoms with van der Waals surface area (Å²) in [5.74, 6) is 1.93. The first-order valence-electron chi connectivity index (χ1n) is 9.65. The number of aromatic nitrogens is 2. The number of benzene rings is 2. The molecule has 5 heteroatoms. The zero-order valence-corrected chi connectivity index (χ0v) is 15.8. The van der Waals surface area contributed by atoms with Crippen LogP contribution < -0.4 is 4.90 Å². The van der Waals surface area contributed by atoms with E-state index in [9.17, 15) is 4.79 Å². The van der Waals surface area contributed by atoms with Crippen molar-refractivity contribution < 1.29 is 4.79 Å². The Kier molecular flexibility index (Phi) is 3.71. The van der Waals surface area contributed by atoms with Crippen LogP contribution in [0.2, 0.25) is 0 Å². The fraction of sp³-hybridized carbons (Fsp3) is 0.364. The predicted octanol–water partition coefficient (Wildman–Crippen LogP) is 3.68. The smallest absolute Gasteiger partial charge is 0.254 e. The first kappa shape index (κ1) is 16.4. The van der Waals surface area contributed by atoms with E-state index < -0.39 is 0 Å². The molecule has 5 nitrogen and oxygen atoms in total. The molecule has 138 valence electrons. The van der Waals surface area contributed by atoms with Crippen LogP contribution in [0.4, 0.5) is 5.69 Å². The van der Waals surface area contributed by atoms with Gasteiger partial charge in [-0.1, -0.05) is 18.2 Å². The largest absolute Gasteiger partial charge is 0.378 e. The molecule has 27 heavy (non-hydrogen) atoms. The van der Waals surface area contributed by atoms with Crippen molar-refractivity contribution in [2.24, 2.45) is 0 Å². The molecule has 2 aromatic carbocycles. The number of likely N-dealkylation sites (tertiary alicyclic amines) is 1. The van der Waals surface area contributed by atoms with Crippen molar-refractivity contribution in [2.75, 3.05) is 32.1 Å². The van der Waals surface area contributed by atoms with Gasteiger partial charge < -0.3 is 14.4 Å². The highest BCUT2D eigenvalue weighted by Crippen LogP contribution is 2.43. The maximum atomic E-state index is 12.9. The van der Waals surface area contributed by atoms with Gasteiger partial charge in [0, 0.05) is 44.4 Å². The molecular weight excluding hydrogens is 336 g/mol. The summed E-state index contributed by atoms with van der Waals surface area (Å²) in [5, 5.41) is 0. The maximum absolute atomic E-state index is 12.9. The third kappa shape index (κ3) is 2.78. The molecule has 1 aromatic heterocycles. The van der Waals surface area contributed by atoms with Crippen LogP contribution in [0, 0.1) is 0 Å². The van der Waals surface area contributed by atoms with E-state index in [4.69, 9.17) is 4.98 Å². The molecule has 1 saturated carbocycles. The highest BCUT2D eigenvalue weighted by Gasteiger charge is 2.38. The lowest BCUT2D eigenvalue weighted by Crippen LogP contribution is -2.51. The van der Waals surface area contributed by atoms with Crippen LogP contribution in [-0.4, -0.2) is 47.5 Å². The van der Waals surface area contributed by atoms with E-state index in [2.05, 4.69) is 22.8 Å². The van der Waals surface area contributed by atoms with Crippen molar-refractivity contribution in [1.29, 1.82) is 0 Å². The number of hydrogen-bond donors (Lipinski definition) is 0. The van der Waals surface area contributed by atoms with Crippen molar-refractivity contribution in [3.63, 3.8) is 0 Å². The monoisotopic (exact) mass is 360 g/mol. The Balaban J connectivity index is 1.38. The number of carbonyl (C=O) groups is 1. The van der Waals surface area contributed by atoms with Gasteiger partial charge in [-0.3, -0.25) is 4.79 Å². The third-order valence-electron chi connectivity index (χ3n) is 5.69. The normalized spacial score (nSPS) is 17.2. The summed E-state index contributed by atoms with van der Waals surface area (Å²) >= 11 is 0. The molecule has 2 fully saturated rings. The van der Waals surface area contributed by atoms with Gasteiger partial charge in [-0.05, 0) is 43.2 Å². The Morgan fingerprint density at radius 1 is 1.07 bits per heavy atom. The van der Waals surface area contributed by atoms with Crippen LogP contribution in [0.3, 0.4) is 0 Å². The maximum Gasteiger partial charge on any atom is 0.254 e. The summed E-state index contributed by atoms with van der Waals surface area (Å²) in [6.45, 7) is 1.51. The number of fused-ring (bicyclic) bond motifs is 1. The molecule has 2 heterocycles. The molecule has 2 aliphatic rings. The van der Waals surface area contributed by atoms with Crippen LogP contribution >= 0.6 is 0 Å². The van der Waals surface area contributed by atoms with Crippen LogP contribution in [-0.2, 0) is 0 Å². The van der Waals surface area contributed by atoms with Crippen LogP contribution in [0.15, 0.2) is 48.5 Å². The third-order valence-corrected chi connectivity index (χ3v) is 5.69. The lowest BCUT2D eigenvalue weighted by molar-refractivity contribution is 0.0522. The van der Waals surface area contributed by atoms with Gasteiger partial charge in [0.25, 0.3) is 5.91 Å². The van der Waals surface area contributed by atoms with E-state index in [-0.39, 0.29) is 5.91 Å². The van der Waals surface area contributed by atoms with Gasteiger partial charge in [0.15, 0.2) is 0 Å². The first-order valence-corrected chi connectivity index (χ1v) is 9.65. The Labute approximate surface area is 159 Å². The van der Waals surface area contributed by atoms with Gasteiger partial charge in [-0.2, -0.15) is 0 Å². The van der Waals surface area contributed by atoms with Crippen molar-refractivity contribution in [3.05, 3.63) is 59.9 Å². The molecule has 1 aliphatic heterocycles. The molecule has 1 amide bonds. The molecule has 0 unspecified atom stereocenters. The van der Waals surface area contributed by atoms with Gasteiger partial charge in [0.1, 0.15) is 5.82 Å². The summed E-state index contributed by atoms with van der Waals surface area (Å²) in [5.41, 5.74) is 4.08. The van der Waals surface area contributed by atoms with Gasteiger partial charge in [-0.25, -0.2) is 4.98 Å². The Morgan fingerprint density at radius 2 is 1.85 bits per heavy atom. The molecule has 1 aliphatic carbocycles. The van der Waals surface area contributed by atoms with Crippen molar-refractivity contribution in [1.82, 2.24) is 14.5 Å². The molecular formula is C22H24N4O. The van der Waals surface area contributed by atoms with E-state index in [1.165, 1.54) is 24.2 Å². The minimum atomic E-state index is 0.118. The lowest BCUT2D eigenvalue weighted by Gasteiger charge is -2.41. The van der Waals surface area contributed by atoms with Crippen LogP contribution in [0.25, 0.3) is 11.0 Å². The summed E-state index contributed by atoms with van der Waals surface area (Å²) in [7, 11) is 3.99. The Morgan fingerprint density at radius 3 is 2.59 bits per heavy atom. The molecule has 0 N–H and O–H groups in total.